The highest BCUT2D eigenvalue weighted by atomic mass is 35.5. The van der Waals surface area contributed by atoms with Gasteiger partial charge < -0.3 is 10.6 Å². The fourth-order valence-electron chi connectivity index (χ4n) is 1.86. The summed E-state index contributed by atoms with van der Waals surface area (Å²) in [6.45, 7) is 4.11. The van der Waals surface area contributed by atoms with Crippen LogP contribution in [0.25, 0.3) is 0 Å². The number of nitrogens with one attached hydrogen (secondary N) is 2. The standard InChI is InChI=1S/C16H17ClN2S/c1-11-6-8-15(9-7-11)19-16(20)18-12(2)13-4-3-5-14(17)10-13/h3-10,12H,1-2H3,(H2,18,19,20)/t12-/m1/s1. The molecule has 0 aromatic heterocycles. The third-order valence-electron chi connectivity index (χ3n) is 3.01. The number of thiocarbonyl (C=S) groups is 1. The van der Waals surface area contributed by atoms with Gasteiger partial charge in [-0.15, -0.1) is 0 Å². The maximum Gasteiger partial charge on any atom is 0.171 e. The molecule has 0 saturated carbocycles. The van der Waals surface area contributed by atoms with Crippen LogP contribution < -0.4 is 10.6 Å². The van der Waals surface area contributed by atoms with Gasteiger partial charge in [-0.3, -0.25) is 0 Å². The number of rotatable bonds is 3. The quantitative estimate of drug-likeness (QED) is 0.804. The molecule has 4 heteroatoms. The molecule has 2 aromatic carbocycles. The molecule has 0 bridgehead atoms. The van der Waals surface area contributed by atoms with E-state index in [1.165, 1.54) is 5.56 Å². The predicted molar refractivity (Wildman–Crippen MR) is 90.4 cm³/mol. The van der Waals surface area contributed by atoms with Crippen molar-refractivity contribution in [1.29, 1.82) is 0 Å². The molecule has 0 amide bonds. The molecule has 0 saturated heterocycles. The molecule has 0 unspecified atom stereocenters. The normalized spacial score (nSPS) is 11.8. The van der Waals surface area contributed by atoms with E-state index in [9.17, 15) is 0 Å². The number of halogens is 1. The molecule has 104 valence electrons. The van der Waals surface area contributed by atoms with Crippen molar-refractivity contribution in [2.45, 2.75) is 19.9 Å². The van der Waals surface area contributed by atoms with Gasteiger partial charge in [0.1, 0.15) is 0 Å². The maximum atomic E-state index is 5.99. The van der Waals surface area contributed by atoms with Crippen molar-refractivity contribution in [3.63, 3.8) is 0 Å². The maximum absolute atomic E-state index is 5.99. The van der Waals surface area contributed by atoms with E-state index in [2.05, 4.69) is 24.5 Å². The second-order valence-corrected chi connectivity index (χ2v) is 5.59. The minimum atomic E-state index is 0.0964. The van der Waals surface area contributed by atoms with Crippen LogP contribution in [0.2, 0.25) is 5.02 Å². The van der Waals surface area contributed by atoms with Gasteiger partial charge in [-0.1, -0.05) is 41.4 Å². The second kappa shape index (κ2) is 6.73. The molecule has 0 aliphatic carbocycles. The van der Waals surface area contributed by atoms with Crippen LogP contribution in [0.15, 0.2) is 48.5 Å². The average Bonchev–Trinajstić information content (AvgIpc) is 2.41. The lowest BCUT2D eigenvalue weighted by molar-refractivity contribution is 0.723. The van der Waals surface area contributed by atoms with E-state index in [1.54, 1.807) is 0 Å². The van der Waals surface area contributed by atoms with Gasteiger partial charge in [-0.25, -0.2) is 0 Å². The van der Waals surface area contributed by atoms with Gasteiger partial charge in [-0.05, 0) is 55.9 Å². The lowest BCUT2D eigenvalue weighted by Crippen LogP contribution is -2.30. The summed E-state index contributed by atoms with van der Waals surface area (Å²) in [5.41, 5.74) is 3.30. The number of anilines is 1. The van der Waals surface area contributed by atoms with Crippen LogP contribution in [0.3, 0.4) is 0 Å². The molecule has 2 aromatic rings. The Kier molecular flexibility index (Phi) is 4.99. The Morgan fingerprint density at radius 1 is 1.15 bits per heavy atom. The zero-order chi connectivity index (χ0) is 14.5. The summed E-state index contributed by atoms with van der Waals surface area (Å²) < 4.78 is 0. The highest BCUT2D eigenvalue weighted by Crippen LogP contribution is 2.17. The van der Waals surface area contributed by atoms with E-state index < -0.39 is 0 Å². The third kappa shape index (κ3) is 4.22. The molecule has 1 atom stereocenters. The van der Waals surface area contributed by atoms with Crippen LogP contribution in [-0.2, 0) is 0 Å². The van der Waals surface area contributed by atoms with E-state index in [4.69, 9.17) is 23.8 Å². The van der Waals surface area contributed by atoms with Gasteiger partial charge in [0.15, 0.2) is 5.11 Å². The van der Waals surface area contributed by atoms with Crippen LogP contribution in [0.1, 0.15) is 24.1 Å². The Hall–Kier alpha value is -1.58. The van der Waals surface area contributed by atoms with Gasteiger partial charge >= 0.3 is 0 Å². The van der Waals surface area contributed by atoms with Crippen LogP contribution in [-0.4, -0.2) is 5.11 Å². The van der Waals surface area contributed by atoms with E-state index >= 15 is 0 Å². The summed E-state index contributed by atoms with van der Waals surface area (Å²) in [5.74, 6) is 0. The summed E-state index contributed by atoms with van der Waals surface area (Å²) in [5, 5.41) is 7.75. The van der Waals surface area contributed by atoms with Crippen LogP contribution in [0.5, 0.6) is 0 Å². The molecular weight excluding hydrogens is 288 g/mol. The Labute approximate surface area is 130 Å². The van der Waals surface area contributed by atoms with Crippen molar-refractivity contribution >= 4 is 34.6 Å². The molecule has 20 heavy (non-hydrogen) atoms. The first-order valence-corrected chi connectivity index (χ1v) is 7.23. The zero-order valence-electron chi connectivity index (χ0n) is 11.5. The first kappa shape index (κ1) is 14.8. The lowest BCUT2D eigenvalue weighted by Gasteiger charge is -2.17. The fourth-order valence-corrected chi connectivity index (χ4v) is 2.35. The average molecular weight is 305 g/mol. The Balaban J connectivity index is 1.95. The highest BCUT2D eigenvalue weighted by Gasteiger charge is 2.07. The fraction of sp³-hybridized carbons (Fsp3) is 0.188. The molecule has 2 rings (SSSR count). The molecule has 0 aliphatic heterocycles. The smallest absolute Gasteiger partial charge is 0.171 e. The summed E-state index contributed by atoms with van der Waals surface area (Å²) in [6, 6.07) is 16.0. The summed E-state index contributed by atoms with van der Waals surface area (Å²) in [4.78, 5) is 0. The molecular formula is C16H17ClN2S. The van der Waals surface area contributed by atoms with Gasteiger partial charge in [0, 0.05) is 10.7 Å². The first-order valence-electron chi connectivity index (χ1n) is 6.44. The van der Waals surface area contributed by atoms with Gasteiger partial charge in [0.05, 0.1) is 6.04 Å². The van der Waals surface area contributed by atoms with Crippen molar-refractivity contribution < 1.29 is 0 Å². The molecule has 0 fully saturated rings. The Morgan fingerprint density at radius 3 is 2.50 bits per heavy atom. The number of hydrogen-bond donors (Lipinski definition) is 2. The van der Waals surface area contributed by atoms with Crippen LogP contribution >= 0.6 is 23.8 Å². The topological polar surface area (TPSA) is 24.1 Å². The molecule has 2 N–H and O–H groups in total. The Bertz CT molecular complexity index is 596. The number of hydrogen-bond acceptors (Lipinski definition) is 1. The SMILES string of the molecule is Cc1ccc(NC(=S)N[C@H](C)c2cccc(Cl)c2)cc1. The summed E-state index contributed by atoms with van der Waals surface area (Å²) >= 11 is 11.3. The van der Waals surface area contributed by atoms with Crippen molar-refractivity contribution in [3.05, 3.63) is 64.7 Å². The summed E-state index contributed by atoms with van der Waals surface area (Å²) in [7, 11) is 0. The predicted octanol–water partition coefficient (Wildman–Crippen LogP) is 4.70. The minimum Gasteiger partial charge on any atom is -0.356 e. The van der Waals surface area contributed by atoms with Gasteiger partial charge in [0.25, 0.3) is 0 Å². The number of benzene rings is 2. The molecule has 0 aliphatic rings. The van der Waals surface area contributed by atoms with E-state index in [1.807, 2.05) is 48.5 Å². The van der Waals surface area contributed by atoms with E-state index in [-0.39, 0.29) is 6.04 Å². The zero-order valence-corrected chi connectivity index (χ0v) is 13.1. The van der Waals surface area contributed by atoms with Crippen LogP contribution in [0.4, 0.5) is 5.69 Å². The van der Waals surface area contributed by atoms with Crippen molar-refractivity contribution in [2.24, 2.45) is 0 Å². The third-order valence-corrected chi connectivity index (χ3v) is 3.46. The molecule has 0 radical (unpaired) electrons. The molecule has 0 heterocycles. The lowest BCUT2D eigenvalue weighted by atomic mass is 10.1. The van der Waals surface area contributed by atoms with Crippen molar-refractivity contribution in [3.8, 4) is 0 Å². The van der Waals surface area contributed by atoms with Gasteiger partial charge in [-0.2, -0.15) is 0 Å². The largest absolute Gasteiger partial charge is 0.356 e. The minimum absolute atomic E-state index is 0.0964. The van der Waals surface area contributed by atoms with Crippen molar-refractivity contribution in [1.82, 2.24) is 5.32 Å². The number of aryl methyl sites for hydroxylation is 1. The van der Waals surface area contributed by atoms with Crippen LogP contribution in [0, 0.1) is 6.92 Å². The molecule has 0 spiro atoms. The Morgan fingerprint density at radius 2 is 1.85 bits per heavy atom. The van der Waals surface area contributed by atoms with E-state index in [0.29, 0.717) is 5.11 Å². The second-order valence-electron chi connectivity index (χ2n) is 4.74. The first-order chi connectivity index (χ1) is 9.54. The van der Waals surface area contributed by atoms with E-state index in [0.717, 1.165) is 16.3 Å². The van der Waals surface area contributed by atoms with Gasteiger partial charge in [0.2, 0.25) is 0 Å². The molecule has 2 nitrogen and oxygen atoms in total. The van der Waals surface area contributed by atoms with Crippen molar-refractivity contribution in [2.75, 3.05) is 5.32 Å². The summed E-state index contributed by atoms with van der Waals surface area (Å²) in [6.07, 6.45) is 0. The highest BCUT2D eigenvalue weighted by molar-refractivity contribution is 7.80. The monoisotopic (exact) mass is 304 g/mol.